The first-order chi connectivity index (χ1) is 13.6. The average Bonchev–Trinajstić information content (AvgIpc) is 2.70. The van der Waals surface area contributed by atoms with Crippen molar-refractivity contribution in [1.82, 2.24) is 15.5 Å². The lowest BCUT2D eigenvalue weighted by molar-refractivity contribution is -0.0212. The van der Waals surface area contributed by atoms with E-state index in [-0.39, 0.29) is 24.0 Å². The van der Waals surface area contributed by atoms with Crippen LogP contribution < -0.4 is 10.6 Å². The summed E-state index contributed by atoms with van der Waals surface area (Å²) in [5, 5.41) is 7.45. The largest absolute Gasteiger partial charge is 0.376 e. The van der Waals surface area contributed by atoms with Crippen molar-refractivity contribution in [1.29, 1.82) is 0 Å². The van der Waals surface area contributed by atoms with E-state index >= 15 is 0 Å². The molecule has 0 aromatic heterocycles. The van der Waals surface area contributed by atoms with Crippen LogP contribution in [0, 0.1) is 0 Å². The van der Waals surface area contributed by atoms with Gasteiger partial charge >= 0.3 is 0 Å². The van der Waals surface area contributed by atoms with Crippen molar-refractivity contribution in [3.05, 3.63) is 70.2 Å². The molecule has 0 bridgehead atoms. The zero-order valence-corrected chi connectivity index (χ0v) is 20.1. The molecule has 1 aliphatic heterocycles. The normalized spacial score (nSPS) is 17.5. The van der Waals surface area contributed by atoms with Crippen molar-refractivity contribution >= 4 is 41.5 Å². The standard InChI is InChI=1S/C22H29ClN4O.HI/c1-17-15-27(10-11-28-17)16-19-7-5-6-18(12-19)13-25-22(24-2)26-14-20-8-3-4-9-21(20)23;/h3-9,12,17H,10-11,13-16H2,1-2H3,(H2,24,25,26);1H. The van der Waals surface area contributed by atoms with Crippen molar-refractivity contribution in [3.63, 3.8) is 0 Å². The van der Waals surface area contributed by atoms with Crippen LogP contribution in [-0.4, -0.2) is 43.7 Å². The molecule has 2 aromatic rings. The van der Waals surface area contributed by atoms with Gasteiger partial charge in [0.2, 0.25) is 0 Å². The zero-order chi connectivity index (χ0) is 19.8. The number of aliphatic imine (C=N–C) groups is 1. The lowest BCUT2D eigenvalue weighted by Gasteiger charge is -2.31. The smallest absolute Gasteiger partial charge is 0.191 e. The molecular weight excluding hydrogens is 499 g/mol. The highest BCUT2D eigenvalue weighted by Gasteiger charge is 2.16. The minimum Gasteiger partial charge on any atom is -0.376 e. The minimum absolute atomic E-state index is 0. The molecule has 0 amide bonds. The van der Waals surface area contributed by atoms with E-state index in [0.29, 0.717) is 12.6 Å². The highest BCUT2D eigenvalue weighted by atomic mass is 127. The number of halogens is 2. The molecular formula is C22H30ClIN4O. The maximum atomic E-state index is 6.22. The Balaban J connectivity index is 0.00000300. The molecule has 3 rings (SSSR count). The third-order valence-electron chi connectivity index (χ3n) is 4.81. The highest BCUT2D eigenvalue weighted by Crippen LogP contribution is 2.14. The van der Waals surface area contributed by atoms with E-state index in [4.69, 9.17) is 16.3 Å². The number of hydrogen-bond donors (Lipinski definition) is 2. The first-order valence-electron chi connectivity index (χ1n) is 9.73. The molecule has 0 radical (unpaired) electrons. The highest BCUT2D eigenvalue weighted by molar-refractivity contribution is 14.0. The fraction of sp³-hybridized carbons (Fsp3) is 0.409. The second kappa shape index (κ2) is 12.4. The SMILES string of the molecule is CN=C(NCc1cccc(CN2CCOC(C)C2)c1)NCc1ccccc1Cl.I. The van der Waals surface area contributed by atoms with Gasteiger partial charge in [-0.05, 0) is 29.7 Å². The number of morpholine rings is 1. The Labute approximate surface area is 195 Å². The summed E-state index contributed by atoms with van der Waals surface area (Å²) < 4.78 is 5.63. The van der Waals surface area contributed by atoms with Crippen molar-refractivity contribution < 1.29 is 4.74 Å². The number of nitrogens with zero attached hydrogens (tertiary/aromatic N) is 2. The number of rotatable bonds is 6. The molecule has 2 N–H and O–H groups in total. The Morgan fingerprint density at radius 1 is 1.14 bits per heavy atom. The summed E-state index contributed by atoms with van der Waals surface area (Å²) in [6, 6.07) is 16.5. The summed E-state index contributed by atoms with van der Waals surface area (Å²) in [6.07, 6.45) is 0.311. The maximum Gasteiger partial charge on any atom is 0.191 e. The van der Waals surface area contributed by atoms with Crippen molar-refractivity contribution in [2.24, 2.45) is 4.99 Å². The molecule has 1 heterocycles. The van der Waals surface area contributed by atoms with Crippen LogP contribution in [0.4, 0.5) is 0 Å². The van der Waals surface area contributed by atoms with Gasteiger partial charge in [-0.15, -0.1) is 24.0 Å². The predicted octanol–water partition coefficient (Wildman–Crippen LogP) is 4.04. The summed E-state index contributed by atoms with van der Waals surface area (Å²) in [5.74, 6) is 0.757. The third-order valence-corrected chi connectivity index (χ3v) is 5.18. The van der Waals surface area contributed by atoms with E-state index < -0.39 is 0 Å². The van der Waals surface area contributed by atoms with Gasteiger partial charge in [0.25, 0.3) is 0 Å². The van der Waals surface area contributed by atoms with Crippen molar-refractivity contribution in [2.75, 3.05) is 26.7 Å². The summed E-state index contributed by atoms with van der Waals surface area (Å²) in [5.41, 5.74) is 3.61. The van der Waals surface area contributed by atoms with Crippen LogP contribution in [0.5, 0.6) is 0 Å². The molecule has 1 atom stereocenters. The van der Waals surface area contributed by atoms with E-state index in [1.807, 2.05) is 24.3 Å². The maximum absolute atomic E-state index is 6.22. The Morgan fingerprint density at radius 2 is 1.90 bits per heavy atom. The molecule has 1 saturated heterocycles. The molecule has 29 heavy (non-hydrogen) atoms. The molecule has 0 spiro atoms. The molecule has 0 saturated carbocycles. The quantitative estimate of drug-likeness (QED) is 0.338. The zero-order valence-electron chi connectivity index (χ0n) is 17.0. The van der Waals surface area contributed by atoms with Gasteiger partial charge in [-0.25, -0.2) is 0 Å². The fourth-order valence-electron chi connectivity index (χ4n) is 3.36. The second-order valence-electron chi connectivity index (χ2n) is 7.11. The summed E-state index contributed by atoms with van der Waals surface area (Å²) in [4.78, 5) is 6.75. The third kappa shape index (κ3) is 7.77. The summed E-state index contributed by atoms with van der Waals surface area (Å²) in [6.45, 7) is 7.24. The monoisotopic (exact) mass is 528 g/mol. The fourth-order valence-corrected chi connectivity index (χ4v) is 3.56. The van der Waals surface area contributed by atoms with Crippen molar-refractivity contribution in [3.8, 4) is 0 Å². The van der Waals surface area contributed by atoms with Crippen LogP contribution >= 0.6 is 35.6 Å². The molecule has 5 nitrogen and oxygen atoms in total. The van der Waals surface area contributed by atoms with Crippen LogP contribution in [0.15, 0.2) is 53.5 Å². The lowest BCUT2D eigenvalue weighted by atomic mass is 10.1. The molecule has 0 aliphatic carbocycles. The Morgan fingerprint density at radius 3 is 2.66 bits per heavy atom. The van der Waals surface area contributed by atoms with Gasteiger partial charge in [-0.3, -0.25) is 9.89 Å². The van der Waals surface area contributed by atoms with Crippen LogP contribution in [0.2, 0.25) is 5.02 Å². The molecule has 7 heteroatoms. The molecule has 2 aromatic carbocycles. The van der Waals surface area contributed by atoms with E-state index in [0.717, 1.165) is 49.3 Å². The molecule has 1 unspecified atom stereocenters. The number of nitrogens with one attached hydrogen (secondary N) is 2. The Bertz CT molecular complexity index is 802. The molecule has 158 valence electrons. The number of ether oxygens (including phenoxy) is 1. The number of benzene rings is 2. The lowest BCUT2D eigenvalue weighted by Crippen LogP contribution is -2.40. The average molecular weight is 529 g/mol. The number of hydrogen-bond acceptors (Lipinski definition) is 3. The Hall–Kier alpha value is -1.35. The van der Waals surface area contributed by atoms with Crippen LogP contribution in [0.3, 0.4) is 0 Å². The van der Waals surface area contributed by atoms with Crippen LogP contribution in [0.25, 0.3) is 0 Å². The van der Waals surface area contributed by atoms with Crippen LogP contribution in [0.1, 0.15) is 23.6 Å². The molecule has 1 fully saturated rings. The number of guanidine groups is 1. The van der Waals surface area contributed by atoms with Gasteiger partial charge in [0.1, 0.15) is 0 Å². The second-order valence-corrected chi connectivity index (χ2v) is 7.51. The Kier molecular flexibility index (Phi) is 10.2. The van der Waals surface area contributed by atoms with E-state index in [2.05, 4.69) is 51.7 Å². The van der Waals surface area contributed by atoms with E-state index in [1.54, 1.807) is 7.05 Å². The molecule has 1 aliphatic rings. The van der Waals surface area contributed by atoms with Gasteiger partial charge < -0.3 is 15.4 Å². The van der Waals surface area contributed by atoms with Gasteiger partial charge in [-0.2, -0.15) is 0 Å². The van der Waals surface area contributed by atoms with Crippen LogP contribution in [-0.2, 0) is 24.4 Å². The first-order valence-corrected chi connectivity index (χ1v) is 10.1. The van der Waals surface area contributed by atoms with E-state index in [1.165, 1.54) is 11.1 Å². The minimum atomic E-state index is 0. The summed E-state index contributed by atoms with van der Waals surface area (Å²) in [7, 11) is 1.78. The summed E-state index contributed by atoms with van der Waals surface area (Å²) >= 11 is 6.22. The van der Waals surface area contributed by atoms with Gasteiger partial charge in [0.05, 0.1) is 12.7 Å². The first kappa shape index (κ1) is 23.9. The van der Waals surface area contributed by atoms with Gasteiger partial charge in [0.15, 0.2) is 5.96 Å². The van der Waals surface area contributed by atoms with Gasteiger partial charge in [-0.1, -0.05) is 54.1 Å². The van der Waals surface area contributed by atoms with E-state index in [9.17, 15) is 0 Å². The van der Waals surface area contributed by atoms with Crippen molar-refractivity contribution in [2.45, 2.75) is 32.7 Å². The predicted molar refractivity (Wildman–Crippen MR) is 131 cm³/mol. The topological polar surface area (TPSA) is 48.9 Å². The van der Waals surface area contributed by atoms with Gasteiger partial charge in [0, 0.05) is 44.8 Å².